The first-order valence-corrected chi connectivity index (χ1v) is 16.4. The van der Waals surface area contributed by atoms with Crippen molar-refractivity contribution in [2.45, 2.75) is 89.2 Å². The number of hydrogen-bond donors (Lipinski definition) is 1. The molecule has 1 N–H and O–H groups in total. The van der Waals surface area contributed by atoms with Gasteiger partial charge in [-0.15, -0.1) is 0 Å². The molecule has 0 spiro atoms. The van der Waals surface area contributed by atoms with Crippen LogP contribution in [0.25, 0.3) is 0 Å². The minimum absolute atomic E-state index is 0.0204. The summed E-state index contributed by atoms with van der Waals surface area (Å²) in [4.78, 5) is 28.8. The van der Waals surface area contributed by atoms with E-state index in [1.54, 1.807) is 49.4 Å². The van der Waals surface area contributed by atoms with Gasteiger partial charge >= 0.3 is 0 Å². The predicted molar refractivity (Wildman–Crippen MR) is 168 cm³/mol. The van der Waals surface area contributed by atoms with E-state index in [1.165, 1.54) is 23.1 Å². The number of sulfonamides is 1. The van der Waals surface area contributed by atoms with E-state index in [2.05, 4.69) is 5.32 Å². The van der Waals surface area contributed by atoms with Crippen LogP contribution >= 0.6 is 0 Å². The lowest BCUT2D eigenvalue weighted by Crippen LogP contribution is -2.53. The maximum Gasteiger partial charge on any atom is 0.264 e. The Morgan fingerprint density at radius 1 is 0.907 bits per heavy atom. The molecule has 0 aliphatic heterocycles. The van der Waals surface area contributed by atoms with E-state index in [0.717, 1.165) is 47.5 Å². The zero-order valence-corrected chi connectivity index (χ0v) is 26.2. The van der Waals surface area contributed by atoms with Gasteiger partial charge in [0, 0.05) is 18.2 Å². The Balaban J connectivity index is 1.69. The van der Waals surface area contributed by atoms with Crippen LogP contribution in [0.3, 0.4) is 0 Å². The number of carbonyl (C=O) groups is 2. The molecule has 0 aromatic heterocycles. The summed E-state index contributed by atoms with van der Waals surface area (Å²) in [6, 6.07) is 18.7. The van der Waals surface area contributed by atoms with Gasteiger partial charge in [0.05, 0.1) is 10.6 Å². The van der Waals surface area contributed by atoms with E-state index in [9.17, 15) is 22.4 Å². The molecule has 1 unspecified atom stereocenters. The fourth-order valence-corrected chi connectivity index (χ4v) is 6.77. The molecule has 1 aliphatic rings. The Hall–Kier alpha value is -3.72. The van der Waals surface area contributed by atoms with Crippen LogP contribution in [0.1, 0.15) is 75.5 Å². The summed E-state index contributed by atoms with van der Waals surface area (Å²) >= 11 is 0. The average molecular weight is 608 g/mol. The molecule has 1 atom stereocenters. The van der Waals surface area contributed by atoms with Crippen LogP contribution in [0, 0.1) is 12.7 Å². The lowest BCUT2D eigenvalue weighted by atomic mass is 9.95. The molecule has 0 saturated heterocycles. The Labute approximate surface area is 255 Å². The summed E-state index contributed by atoms with van der Waals surface area (Å²) in [6.45, 7) is 6.80. The zero-order chi connectivity index (χ0) is 31.1. The molecule has 7 nitrogen and oxygen atoms in total. The van der Waals surface area contributed by atoms with Crippen molar-refractivity contribution < 1.29 is 22.4 Å². The molecule has 0 heterocycles. The van der Waals surface area contributed by atoms with Crippen LogP contribution in [0.15, 0.2) is 77.7 Å². The largest absolute Gasteiger partial charge is 0.352 e. The Morgan fingerprint density at radius 2 is 1.53 bits per heavy atom. The molecule has 0 radical (unpaired) electrons. The highest BCUT2D eigenvalue weighted by molar-refractivity contribution is 7.92. The molecule has 3 aromatic carbocycles. The minimum Gasteiger partial charge on any atom is -0.352 e. The highest BCUT2D eigenvalue weighted by atomic mass is 32.2. The van der Waals surface area contributed by atoms with Crippen LogP contribution in [0.2, 0.25) is 0 Å². The van der Waals surface area contributed by atoms with E-state index in [4.69, 9.17) is 0 Å². The van der Waals surface area contributed by atoms with Gasteiger partial charge in [-0.1, -0.05) is 81.1 Å². The van der Waals surface area contributed by atoms with Gasteiger partial charge < -0.3 is 10.2 Å². The molecule has 230 valence electrons. The number of rotatable bonds is 11. The summed E-state index contributed by atoms with van der Waals surface area (Å²) in [7, 11) is -4.17. The maximum atomic E-state index is 14.8. The SMILES string of the molecule is Cc1ccc(S(=O)(=O)N(CC(=O)N(Cc2ccccc2F)C(C)C(=O)NC2CCCCC2)c2ccc(C(C)C)cc2)cc1. The molecule has 1 fully saturated rings. The van der Waals surface area contributed by atoms with Crippen molar-refractivity contribution in [1.29, 1.82) is 0 Å². The first-order chi connectivity index (χ1) is 20.5. The van der Waals surface area contributed by atoms with Crippen LogP contribution in [0.5, 0.6) is 0 Å². The lowest BCUT2D eigenvalue weighted by molar-refractivity contribution is -0.139. The van der Waals surface area contributed by atoms with Crippen molar-refractivity contribution >= 4 is 27.5 Å². The van der Waals surface area contributed by atoms with Crippen molar-refractivity contribution in [2.75, 3.05) is 10.8 Å². The molecule has 9 heteroatoms. The first-order valence-electron chi connectivity index (χ1n) is 15.0. The van der Waals surface area contributed by atoms with Gasteiger partial charge in [0.2, 0.25) is 11.8 Å². The molecule has 4 rings (SSSR count). The zero-order valence-electron chi connectivity index (χ0n) is 25.4. The molecule has 1 aliphatic carbocycles. The third-order valence-electron chi connectivity index (χ3n) is 8.15. The third kappa shape index (κ3) is 8.02. The number of nitrogens with zero attached hydrogens (tertiary/aromatic N) is 2. The van der Waals surface area contributed by atoms with Gasteiger partial charge in [-0.3, -0.25) is 13.9 Å². The number of carbonyl (C=O) groups excluding carboxylic acids is 2. The van der Waals surface area contributed by atoms with E-state index >= 15 is 0 Å². The van der Waals surface area contributed by atoms with E-state index in [-0.39, 0.29) is 34.9 Å². The minimum atomic E-state index is -4.17. The second-order valence-electron chi connectivity index (χ2n) is 11.7. The number of aryl methyl sites for hydroxylation is 1. The number of anilines is 1. The molecular weight excluding hydrogens is 565 g/mol. The second-order valence-corrected chi connectivity index (χ2v) is 13.6. The highest BCUT2D eigenvalue weighted by Gasteiger charge is 2.33. The summed E-state index contributed by atoms with van der Waals surface area (Å²) in [5.41, 5.74) is 2.49. The fraction of sp³-hybridized carbons (Fsp3) is 0.412. The van der Waals surface area contributed by atoms with Crippen molar-refractivity contribution in [3.05, 3.63) is 95.3 Å². The van der Waals surface area contributed by atoms with Crippen molar-refractivity contribution in [1.82, 2.24) is 10.2 Å². The quantitative estimate of drug-likeness (QED) is 0.277. The Kier molecular flexibility index (Phi) is 10.6. The van der Waals surface area contributed by atoms with Crippen LogP contribution in [-0.2, 0) is 26.2 Å². The second kappa shape index (κ2) is 14.2. The number of nitrogens with one attached hydrogen (secondary N) is 1. The number of benzene rings is 3. The molecule has 3 aromatic rings. The van der Waals surface area contributed by atoms with Gasteiger partial charge in [0.15, 0.2) is 0 Å². The Morgan fingerprint density at radius 3 is 2.14 bits per heavy atom. The van der Waals surface area contributed by atoms with Crippen molar-refractivity contribution in [3.8, 4) is 0 Å². The molecule has 43 heavy (non-hydrogen) atoms. The summed E-state index contributed by atoms with van der Waals surface area (Å²) in [6.07, 6.45) is 4.92. The van der Waals surface area contributed by atoms with Crippen LogP contribution < -0.4 is 9.62 Å². The van der Waals surface area contributed by atoms with Gasteiger partial charge in [-0.25, -0.2) is 12.8 Å². The lowest BCUT2D eigenvalue weighted by Gasteiger charge is -2.33. The van der Waals surface area contributed by atoms with Gasteiger partial charge in [-0.2, -0.15) is 0 Å². The standard InChI is InChI=1S/C34H42FN3O4S/c1-24(2)27-16-18-30(19-17-27)38(43(41,42)31-20-14-25(3)15-21-31)23-33(39)37(22-28-10-8-9-13-32(28)35)26(4)34(40)36-29-11-6-5-7-12-29/h8-10,13-21,24,26,29H,5-7,11-12,22-23H2,1-4H3,(H,36,40). The van der Waals surface area contributed by atoms with Crippen molar-refractivity contribution in [3.63, 3.8) is 0 Å². The van der Waals surface area contributed by atoms with Crippen LogP contribution in [0.4, 0.5) is 10.1 Å². The van der Waals surface area contributed by atoms with Crippen LogP contribution in [-0.4, -0.2) is 43.8 Å². The number of halogens is 1. The molecular formula is C34H42FN3O4S. The fourth-order valence-electron chi connectivity index (χ4n) is 5.35. The van der Waals surface area contributed by atoms with E-state index in [0.29, 0.717) is 5.69 Å². The molecule has 2 amide bonds. The van der Waals surface area contributed by atoms with Gasteiger partial charge in [0.1, 0.15) is 18.4 Å². The summed E-state index contributed by atoms with van der Waals surface area (Å²) in [5, 5.41) is 3.06. The summed E-state index contributed by atoms with van der Waals surface area (Å²) < 4.78 is 43.9. The smallest absolute Gasteiger partial charge is 0.264 e. The van der Waals surface area contributed by atoms with Gasteiger partial charge in [-0.05, 0) is 68.5 Å². The maximum absolute atomic E-state index is 14.8. The molecule has 1 saturated carbocycles. The Bertz CT molecular complexity index is 1500. The number of amides is 2. The summed E-state index contributed by atoms with van der Waals surface area (Å²) in [5.74, 6) is -1.23. The molecule has 0 bridgehead atoms. The van der Waals surface area contributed by atoms with E-state index in [1.807, 2.05) is 32.9 Å². The monoisotopic (exact) mass is 607 g/mol. The topological polar surface area (TPSA) is 86.8 Å². The average Bonchev–Trinajstić information content (AvgIpc) is 2.99. The van der Waals surface area contributed by atoms with E-state index < -0.39 is 34.3 Å². The van der Waals surface area contributed by atoms with Gasteiger partial charge in [0.25, 0.3) is 10.0 Å². The normalized spacial score (nSPS) is 14.7. The third-order valence-corrected chi connectivity index (χ3v) is 9.94. The van der Waals surface area contributed by atoms with Crippen molar-refractivity contribution in [2.24, 2.45) is 0 Å². The first kappa shape index (κ1) is 32.2. The predicted octanol–water partition coefficient (Wildman–Crippen LogP) is 6.32. The highest BCUT2D eigenvalue weighted by Crippen LogP contribution is 2.27. The number of hydrogen-bond acceptors (Lipinski definition) is 4.